The van der Waals surface area contributed by atoms with E-state index in [2.05, 4.69) is 16.3 Å². The van der Waals surface area contributed by atoms with Crippen molar-refractivity contribution in [1.82, 2.24) is 19.6 Å². The van der Waals surface area contributed by atoms with E-state index in [1.165, 1.54) is 24.1 Å². The summed E-state index contributed by atoms with van der Waals surface area (Å²) in [7, 11) is 0. The standard InChI is InChI=1S/C18H17N5/c19-9-14-4-3-5-15(8-14)12-22-13-17(11-20-22)23-18-7-2-1-6-16(18)10-21-23/h3-5,8,10-11,13H,1-2,6-7,12H2. The van der Waals surface area contributed by atoms with Crippen LogP contribution < -0.4 is 0 Å². The molecule has 2 heterocycles. The summed E-state index contributed by atoms with van der Waals surface area (Å²) in [4.78, 5) is 0. The fourth-order valence-corrected chi connectivity index (χ4v) is 3.19. The van der Waals surface area contributed by atoms with Crippen molar-refractivity contribution in [3.05, 3.63) is 65.2 Å². The van der Waals surface area contributed by atoms with Crippen LogP contribution in [0, 0.1) is 11.3 Å². The van der Waals surface area contributed by atoms with Crippen LogP contribution in [0.2, 0.25) is 0 Å². The van der Waals surface area contributed by atoms with Gasteiger partial charge in [0.25, 0.3) is 0 Å². The number of nitriles is 1. The highest BCUT2D eigenvalue weighted by atomic mass is 15.3. The Bertz CT molecular complexity index is 881. The summed E-state index contributed by atoms with van der Waals surface area (Å²) < 4.78 is 3.91. The Morgan fingerprint density at radius 1 is 1.13 bits per heavy atom. The molecule has 5 heteroatoms. The average Bonchev–Trinajstić information content (AvgIpc) is 3.21. The van der Waals surface area contributed by atoms with Crippen molar-refractivity contribution in [2.24, 2.45) is 0 Å². The molecule has 1 aliphatic rings. The van der Waals surface area contributed by atoms with E-state index < -0.39 is 0 Å². The van der Waals surface area contributed by atoms with E-state index >= 15 is 0 Å². The Balaban J connectivity index is 1.59. The van der Waals surface area contributed by atoms with Gasteiger partial charge in [-0.2, -0.15) is 15.5 Å². The second-order valence-corrected chi connectivity index (χ2v) is 5.94. The van der Waals surface area contributed by atoms with Crippen LogP contribution in [0.1, 0.15) is 35.2 Å². The number of hydrogen-bond acceptors (Lipinski definition) is 3. The highest BCUT2D eigenvalue weighted by molar-refractivity contribution is 5.34. The molecule has 0 bridgehead atoms. The lowest BCUT2D eigenvalue weighted by atomic mass is 9.98. The van der Waals surface area contributed by atoms with Crippen LogP contribution in [-0.4, -0.2) is 19.6 Å². The van der Waals surface area contributed by atoms with Crippen LogP contribution in [0.4, 0.5) is 0 Å². The number of nitrogens with zero attached hydrogens (tertiary/aromatic N) is 5. The van der Waals surface area contributed by atoms with Crippen LogP contribution in [0.15, 0.2) is 42.9 Å². The van der Waals surface area contributed by atoms with Crippen molar-refractivity contribution < 1.29 is 0 Å². The molecule has 2 aromatic heterocycles. The number of rotatable bonds is 3. The molecule has 23 heavy (non-hydrogen) atoms. The zero-order chi connectivity index (χ0) is 15.6. The Hall–Kier alpha value is -2.87. The highest BCUT2D eigenvalue weighted by Crippen LogP contribution is 2.23. The highest BCUT2D eigenvalue weighted by Gasteiger charge is 2.16. The van der Waals surface area contributed by atoms with Crippen molar-refractivity contribution >= 4 is 0 Å². The zero-order valence-electron chi connectivity index (χ0n) is 12.8. The number of benzene rings is 1. The van der Waals surface area contributed by atoms with Gasteiger partial charge in [0.2, 0.25) is 0 Å². The van der Waals surface area contributed by atoms with E-state index in [4.69, 9.17) is 5.26 Å². The smallest absolute Gasteiger partial charge is 0.103 e. The van der Waals surface area contributed by atoms with Crippen LogP contribution in [0.3, 0.4) is 0 Å². The van der Waals surface area contributed by atoms with E-state index in [0.29, 0.717) is 12.1 Å². The van der Waals surface area contributed by atoms with E-state index in [0.717, 1.165) is 24.1 Å². The molecule has 4 rings (SSSR count). The second-order valence-electron chi connectivity index (χ2n) is 5.94. The van der Waals surface area contributed by atoms with Gasteiger partial charge in [0.1, 0.15) is 5.69 Å². The lowest BCUT2D eigenvalue weighted by molar-refractivity contribution is 0.652. The van der Waals surface area contributed by atoms with Crippen LogP contribution >= 0.6 is 0 Å². The molecule has 0 spiro atoms. The molecule has 0 unspecified atom stereocenters. The molecule has 114 valence electrons. The van der Waals surface area contributed by atoms with Gasteiger partial charge in [-0.15, -0.1) is 0 Å². The maximum absolute atomic E-state index is 8.99. The first-order valence-electron chi connectivity index (χ1n) is 7.91. The predicted octanol–water partition coefficient (Wildman–Crippen LogP) is 2.87. The third-order valence-corrected chi connectivity index (χ3v) is 4.33. The number of aromatic nitrogens is 4. The quantitative estimate of drug-likeness (QED) is 0.747. The first kappa shape index (κ1) is 13.8. The second kappa shape index (κ2) is 5.73. The SMILES string of the molecule is N#Cc1cccc(Cn2cc(-n3ncc4c3CCCC4)cn2)c1. The van der Waals surface area contributed by atoms with E-state index in [1.54, 1.807) is 0 Å². The molecule has 1 aliphatic carbocycles. The molecule has 1 aromatic carbocycles. The van der Waals surface area contributed by atoms with Gasteiger partial charge in [-0.1, -0.05) is 12.1 Å². The molecule has 3 aromatic rings. The van der Waals surface area contributed by atoms with Crippen LogP contribution in [0.25, 0.3) is 5.69 Å². The Kier molecular flexibility index (Phi) is 3.43. The molecule has 0 aliphatic heterocycles. The zero-order valence-corrected chi connectivity index (χ0v) is 12.8. The topological polar surface area (TPSA) is 59.4 Å². The van der Waals surface area contributed by atoms with Crippen LogP contribution in [0.5, 0.6) is 0 Å². The van der Waals surface area contributed by atoms with E-state index in [1.807, 2.05) is 52.2 Å². The van der Waals surface area contributed by atoms with Gasteiger partial charge in [0.05, 0.1) is 36.8 Å². The number of fused-ring (bicyclic) bond motifs is 1. The van der Waals surface area contributed by atoms with Crippen molar-refractivity contribution in [1.29, 1.82) is 5.26 Å². The summed E-state index contributed by atoms with van der Waals surface area (Å²) in [5.74, 6) is 0. The third-order valence-electron chi connectivity index (χ3n) is 4.33. The first-order valence-corrected chi connectivity index (χ1v) is 7.91. The first-order chi connectivity index (χ1) is 11.3. The fourth-order valence-electron chi connectivity index (χ4n) is 3.19. The Labute approximate surface area is 134 Å². The van der Waals surface area contributed by atoms with Gasteiger partial charge in [-0.25, -0.2) is 4.68 Å². The molecule has 5 nitrogen and oxygen atoms in total. The molecule has 0 N–H and O–H groups in total. The summed E-state index contributed by atoms with van der Waals surface area (Å²) in [5, 5.41) is 18.0. The number of hydrogen-bond donors (Lipinski definition) is 0. The summed E-state index contributed by atoms with van der Waals surface area (Å²) >= 11 is 0. The minimum atomic E-state index is 0.652. The summed E-state index contributed by atoms with van der Waals surface area (Å²) in [6.45, 7) is 0.652. The van der Waals surface area contributed by atoms with Gasteiger partial charge in [-0.05, 0) is 48.9 Å². The molecular weight excluding hydrogens is 286 g/mol. The van der Waals surface area contributed by atoms with Gasteiger partial charge in [0.15, 0.2) is 0 Å². The fraction of sp³-hybridized carbons (Fsp3) is 0.278. The lowest BCUT2D eigenvalue weighted by Crippen LogP contribution is -2.07. The van der Waals surface area contributed by atoms with E-state index in [-0.39, 0.29) is 0 Å². The summed E-state index contributed by atoms with van der Waals surface area (Å²) in [6, 6.07) is 9.80. The van der Waals surface area contributed by atoms with Gasteiger partial charge < -0.3 is 0 Å². The Morgan fingerprint density at radius 3 is 2.96 bits per heavy atom. The van der Waals surface area contributed by atoms with Crippen LogP contribution in [-0.2, 0) is 19.4 Å². The third kappa shape index (κ3) is 2.64. The van der Waals surface area contributed by atoms with E-state index in [9.17, 15) is 0 Å². The van der Waals surface area contributed by atoms with Crippen molar-refractivity contribution in [3.8, 4) is 11.8 Å². The predicted molar refractivity (Wildman–Crippen MR) is 86.3 cm³/mol. The van der Waals surface area contributed by atoms with Crippen molar-refractivity contribution in [3.63, 3.8) is 0 Å². The molecule has 0 atom stereocenters. The van der Waals surface area contributed by atoms with Crippen molar-refractivity contribution in [2.75, 3.05) is 0 Å². The summed E-state index contributed by atoms with van der Waals surface area (Å²) in [6.07, 6.45) is 10.6. The lowest BCUT2D eigenvalue weighted by Gasteiger charge is -2.12. The maximum atomic E-state index is 8.99. The normalized spacial score (nSPS) is 13.5. The summed E-state index contributed by atoms with van der Waals surface area (Å²) in [5.41, 5.74) is 5.44. The molecular formula is C18H17N5. The number of aryl methyl sites for hydroxylation is 1. The molecule has 0 saturated carbocycles. The largest absolute Gasteiger partial charge is 0.266 e. The van der Waals surface area contributed by atoms with Gasteiger partial charge in [0, 0.05) is 5.69 Å². The molecule has 0 amide bonds. The Morgan fingerprint density at radius 2 is 2.04 bits per heavy atom. The van der Waals surface area contributed by atoms with Gasteiger partial charge in [-0.3, -0.25) is 4.68 Å². The minimum Gasteiger partial charge on any atom is -0.266 e. The molecule has 0 saturated heterocycles. The monoisotopic (exact) mass is 303 g/mol. The average molecular weight is 303 g/mol. The van der Waals surface area contributed by atoms with Gasteiger partial charge >= 0.3 is 0 Å². The molecule has 0 fully saturated rings. The minimum absolute atomic E-state index is 0.652. The maximum Gasteiger partial charge on any atom is 0.103 e. The van der Waals surface area contributed by atoms with Crippen molar-refractivity contribution in [2.45, 2.75) is 32.2 Å². The molecule has 0 radical (unpaired) electrons.